The van der Waals surface area contributed by atoms with Crippen LogP contribution < -0.4 is 4.74 Å². The number of pyridine rings is 1. The highest BCUT2D eigenvalue weighted by Gasteiger charge is 2.23. The van der Waals surface area contributed by atoms with Gasteiger partial charge in [0, 0.05) is 28.5 Å². The number of Topliss-reactive ketones (excluding diaryl/α,β-unsaturated/α-hetero) is 1. The number of ketones is 1. The predicted octanol–water partition coefficient (Wildman–Crippen LogP) is 3.53. The molecule has 0 bridgehead atoms. The Morgan fingerprint density at radius 3 is 2.81 bits per heavy atom. The summed E-state index contributed by atoms with van der Waals surface area (Å²) in [5.74, 6) is -0.333. The summed E-state index contributed by atoms with van der Waals surface area (Å²) in [6.07, 6.45) is 3.21. The molecule has 0 radical (unpaired) electrons. The zero-order valence-electron chi connectivity index (χ0n) is 11.1. The average molecular weight is 351 g/mol. The number of benzene rings is 1. The van der Waals surface area contributed by atoms with Gasteiger partial charge in [-0.15, -0.1) is 0 Å². The molecule has 2 aromatic rings. The number of ether oxygens (including phenoxy) is 1. The maximum absolute atomic E-state index is 11.7. The van der Waals surface area contributed by atoms with Gasteiger partial charge in [-0.2, -0.15) is 0 Å². The largest absolute Gasteiger partial charge is 0.481 e. The molecular formula is C14H11BrN2O4. The predicted molar refractivity (Wildman–Crippen MR) is 79.4 cm³/mol. The third kappa shape index (κ3) is 3.63. The Labute approximate surface area is 129 Å². The number of carbonyl (C=O) groups is 1. The minimum Gasteiger partial charge on any atom is -0.481 e. The number of hydrogen-bond acceptors (Lipinski definition) is 5. The summed E-state index contributed by atoms with van der Waals surface area (Å²) in [5, 5.41) is 11.1. The van der Waals surface area contributed by atoms with Crippen LogP contribution in [-0.2, 0) is 6.61 Å². The Morgan fingerprint density at radius 2 is 2.24 bits per heavy atom. The van der Waals surface area contributed by atoms with Gasteiger partial charge in [-0.3, -0.25) is 19.9 Å². The van der Waals surface area contributed by atoms with Crippen molar-refractivity contribution in [3.05, 3.63) is 62.4 Å². The van der Waals surface area contributed by atoms with E-state index >= 15 is 0 Å². The molecule has 2 rings (SSSR count). The fourth-order valence-corrected chi connectivity index (χ4v) is 2.21. The highest BCUT2D eigenvalue weighted by molar-refractivity contribution is 9.10. The van der Waals surface area contributed by atoms with Crippen LogP contribution >= 0.6 is 15.9 Å². The maximum atomic E-state index is 11.7. The van der Waals surface area contributed by atoms with Crippen molar-refractivity contribution in [2.75, 3.05) is 0 Å². The molecule has 1 aromatic carbocycles. The van der Waals surface area contributed by atoms with Crippen LogP contribution in [0.1, 0.15) is 22.8 Å². The van der Waals surface area contributed by atoms with Crippen LogP contribution in [0, 0.1) is 10.1 Å². The monoisotopic (exact) mass is 350 g/mol. The Bertz CT molecular complexity index is 654. The summed E-state index contributed by atoms with van der Waals surface area (Å²) in [6.45, 7) is 1.43. The van der Waals surface area contributed by atoms with Crippen molar-refractivity contribution in [3.63, 3.8) is 0 Å². The molecule has 0 fully saturated rings. The Balaban J connectivity index is 2.40. The SMILES string of the molecule is CC(=O)c1cc(Br)cc([N+](=O)[O-])c1OCc1cccnc1. The van der Waals surface area contributed by atoms with E-state index in [0.29, 0.717) is 4.47 Å². The van der Waals surface area contributed by atoms with E-state index in [0.717, 1.165) is 5.56 Å². The fourth-order valence-electron chi connectivity index (χ4n) is 1.77. The molecule has 21 heavy (non-hydrogen) atoms. The van der Waals surface area contributed by atoms with Crippen molar-refractivity contribution < 1.29 is 14.5 Å². The Kier molecular flexibility index (Phi) is 4.64. The molecule has 0 N–H and O–H groups in total. The van der Waals surface area contributed by atoms with Crippen LogP contribution in [0.3, 0.4) is 0 Å². The minimum atomic E-state index is -0.574. The van der Waals surface area contributed by atoms with E-state index in [4.69, 9.17) is 4.74 Å². The summed E-state index contributed by atoms with van der Waals surface area (Å²) in [7, 11) is 0. The second-order valence-electron chi connectivity index (χ2n) is 4.26. The second kappa shape index (κ2) is 6.45. The molecule has 0 aliphatic heterocycles. The first-order chi connectivity index (χ1) is 9.99. The number of halogens is 1. The molecule has 0 spiro atoms. The molecule has 0 aliphatic rings. The third-order valence-corrected chi connectivity index (χ3v) is 3.17. The van der Waals surface area contributed by atoms with Crippen molar-refractivity contribution in [3.8, 4) is 5.75 Å². The molecule has 1 heterocycles. The first-order valence-electron chi connectivity index (χ1n) is 5.99. The maximum Gasteiger partial charge on any atom is 0.312 e. The van der Waals surface area contributed by atoms with Gasteiger partial charge in [0.05, 0.1) is 10.5 Å². The standard InChI is InChI=1S/C14H11BrN2O4/c1-9(18)12-5-11(15)6-13(17(19)20)14(12)21-8-10-3-2-4-16-7-10/h2-7H,8H2,1H3. The van der Waals surface area contributed by atoms with E-state index in [1.165, 1.54) is 19.1 Å². The smallest absolute Gasteiger partial charge is 0.312 e. The molecule has 108 valence electrons. The molecule has 7 heteroatoms. The van der Waals surface area contributed by atoms with Crippen molar-refractivity contribution in [1.82, 2.24) is 4.98 Å². The minimum absolute atomic E-state index is 0.0282. The molecule has 1 aromatic heterocycles. The topological polar surface area (TPSA) is 82.3 Å². The number of rotatable bonds is 5. The van der Waals surface area contributed by atoms with Crippen LogP contribution in [0.25, 0.3) is 0 Å². The van der Waals surface area contributed by atoms with Gasteiger partial charge >= 0.3 is 5.69 Å². The van der Waals surface area contributed by atoms with Gasteiger partial charge in [-0.1, -0.05) is 22.0 Å². The lowest BCUT2D eigenvalue weighted by Crippen LogP contribution is -2.05. The molecule has 0 amide bonds. The van der Waals surface area contributed by atoms with Gasteiger partial charge in [0.1, 0.15) is 6.61 Å². The second-order valence-corrected chi connectivity index (χ2v) is 5.18. The van der Waals surface area contributed by atoms with Crippen molar-refractivity contribution in [1.29, 1.82) is 0 Å². The average Bonchev–Trinajstić information content (AvgIpc) is 2.46. The van der Waals surface area contributed by atoms with E-state index in [9.17, 15) is 14.9 Å². The zero-order valence-corrected chi connectivity index (χ0v) is 12.7. The van der Waals surface area contributed by atoms with Crippen LogP contribution in [0.5, 0.6) is 5.75 Å². The highest BCUT2D eigenvalue weighted by atomic mass is 79.9. The van der Waals surface area contributed by atoms with E-state index in [1.54, 1.807) is 24.5 Å². The number of nitro groups is 1. The summed E-state index contributed by atoms with van der Waals surface area (Å²) in [5.41, 5.74) is 0.669. The van der Waals surface area contributed by atoms with Crippen LogP contribution in [0.2, 0.25) is 0 Å². The summed E-state index contributed by atoms with van der Waals surface area (Å²) in [4.78, 5) is 26.2. The van der Waals surface area contributed by atoms with Gasteiger partial charge in [0.2, 0.25) is 5.75 Å². The number of carbonyl (C=O) groups excluding carboxylic acids is 1. The van der Waals surface area contributed by atoms with Crippen LogP contribution in [0.4, 0.5) is 5.69 Å². The number of nitrogens with zero attached hydrogens (tertiary/aromatic N) is 2. The molecule has 0 saturated heterocycles. The van der Waals surface area contributed by atoms with Crippen molar-refractivity contribution in [2.45, 2.75) is 13.5 Å². The Hall–Kier alpha value is -2.28. The molecule has 0 saturated carbocycles. The lowest BCUT2D eigenvalue weighted by molar-refractivity contribution is -0.386. The quantitative estimate of drug-likeness (QED) is 0.468. The molecule has 0 atom stereocenters. The summed E-state index contributed by atoms with van der Waals surface area (Å²) >= 11 is 3.16. The van der Waals surface area contributed by atoms with E-state index in [-0.39, 0.29) is 29.4 Å². The summed E-state index contributed by atoms with van der Waals surface area (Å²) < 4.78 is 5.96. The third-order valence-electron chi connectivity index (χ3n) is 2.72. The van der Waals surface area contributed by atoms with Crippen molar-refractivity contribution >= 4 is 27.4 Å². The van der Waals surface area contributed by atoms with Gasteiger partial charge in [0.25, 0.3) is 0 Å². The van der Waals surface area contributed by atoms with Gasteiger partial charge < -0.3 is 4.74 Å². The van der Waals surface area contributed by atoms with E-state index < -0.39 is 4.92 Å². The van der Waals surface area contributed by atoms with E-state index in [2.05, 4.69) is 20.9 Å². The zero-order chi connectivity index (χ0) is 15.4. The molecule has 0 unspecified atom stereocenters. The first-order valence-corrected chi connectivity index (χ1v) is 6.79. The van der Waals surface area contributed by atoms with Crippen LogP contribution in [-0.4, -0.2) is 15.7 Å². The molecule has 0 aliphatic carbocycles. The lowest BCUT2D eigenvalue weighted by Gasteiger charge is -2.10. The fraction of sp³-hybridized carbons (Fsp3) is 0.143. The first kappa shape index (κ1) is 15.1. The lowest BCUT2D eigenvalue weighted by atomic mass is 10.1. The molecular weight excluding hydrogens is 340 g/mol. The van der Waals surface area contributed by atoms with Gasteiger partial charge in [0.15, 0.2) is 5.78 Å². The van der Waals surface area contributed by atoms with Gasteiger partial charge in [-0.25, -0.2) is 0 Å². The number of nitro benzene ring substituents is 1. The van der Waals surface area contributed by atoms with Crippen molar-refractivity contribution in [2.24, 2.45) is 0 Å². The van der Waals surface area contributed by atoms with Crippen LogP contribution in [0.15, 0.2) is 41.1 Å². The van der Waals surface area contributed by atoms with Gasteiger partial charge in [-0.05, 0) is 19.1 Å². The summed E-state index contributed by atoms with van der Waals surface area (Å²) in [6, 6.07) is 6.34. The van der Waals surface area contributed by atoms with E-state index in [1.807, 2.05) is 0 Å². The molecule has 6 nitrogen and oxygen atoms in total. The normalized spacial score (nSPS) is 10.2. The number of aromatic nitrogens is 1. The number of hydrogen-bond donors (Lipinski definition) is 0. The highest BCUT2D eigenvalue weighted by Crippen LogP contribution is 2.35. The Morgan fingerprint density at radius 1 is 1.48 bits per heavy atom.